The van der Waals surface area contributed by atoms with Crippen molar-refractivity contribution in [1.29, 1.82) is 0 Å². The topological polar surface area (TPSA) is 130 Å². The van der Waals surface area contributed by atoms with Gasteiger partial charge in [0.25, 0.3) is 0 Å². The van der Waals surface area contributed by atoms with Crippen LogP contribution in [0.1, 0.15) is 26.5 Å². The summed E-state index contributed by atoms with van der Waals surface area (Å²) in [5.41, 5.74) is 2.89. The first-order valence-corrected chi connectivity index (χ1v) is 11.8. The summed E-state index contributed by atoms with van der Waals surface area (Å²) < 4.78 is 30.4. The molecule has 0 saturated carbocycles. The number of esters is 1. The summed E-state index contributed by atoms with van der Waals surface area (Å²) in [6, 6.07) is 10.7. The van der Waals surface area contributed by atoms with Crippen LogP contribution < -0.4 is 10.0 Å². The zero-order chi connectivity index (χ0) is 23.5. The summed E-state index contributed by atoms with van der Waals surface area (Å²) >= 11 is 0. The molecule has 2 heterocycles. The largest absolute Gasteiger partial charge is 0.459 e. The van der Waals surface area contributed by atoms with Gasteiger partial charge < -0.3 is 15.0 Å². The number of H-pyrrole nitrogens is 1. The van der Waals surface area contributed by atoms with E-state index in [0.29, 0.717) is 17.0 Å². The number of anilines is 1. The first-order valence-electron chi connectivity index (χ1n) is 9.93. The Labute approximate surface area is 186 Å². The lowest BCUT2D eigenvalue weighted by molar-refractivity contribution is -0.154. The molecule has 0 aliphatic heterocycles. The van der Waals surface area contributed by atoms with E-state index in [2.05, 4.69) is 20.0 Å². The molecule has 0 atom stereocenters. The lowest BCUT2D eigenvalue weighted by atomic mass is 10.0. The maximum Gasteiger partial charge on any atom is 0.325 e. The fourth-order valence-electron chi connectivity index (χ4n) is 3.14. The van der Waals surface area contributed by atoms with Gasteiger partial charge in [0.15, 0.2) is 0 Å². The smallest absolute Gasteiger partial charge is 0.325 e. The summed E-state index contributed by atoms with van der Waals surface area (Å²) in [4.78, 5) is 31.5. The van der Waals surface area contributed by atoms with E-state index >= 15 is 0 Å². The molecule has 1 aromatic carbocycles. The van der Waals surface area contributed by atoms with Crippen LogP contribution in [0.3, 0.4) is 0 Å². The van der Waals surface area contributed by atoms with Gasteiger partial charge >= 0.3 is 5.97 Å². The Morgan fingerprint density at radius 2 is 1.81 bits per heavy atom. The Balaban J connectivity index is 1.72. The molecule has 170 valence electrons. The minimum absolute atomic E-state index is 0.0514. The number of nitrogens with zero attached hydrogens (tertiary/aromatic N) is 1. The number of aromatic nitrogens is 2. The van der Waals surface area contributed by atoms with Gasteiger partial charge in [0.2, 0.25) is 15.9 Å². The highest BCUT2D eigenvalue weighted by Gasteiger charge is 2.17. The average molecular weight is 459 g/mol. The minimum Gasteiger partial charge on any atom is -0.459 e. The van der Waals surface area contributed by atoms with E-state index < -0.39 is 21.6 Å². The Bertz CT molecular complexity index is 1240. The molecule has 0 aliphatic rings. The molecule has 3 N–H and O–H groups in total. The number of amides is 1. The van der Waals surface area contributed by atoms with Crippen LogP contribution in [0.15, 0.2) is 42.6 Å². The fourth-order valence-corrected chi connectivity index (χ4v) is 3.71. The van der Waals surface area contributed by atoms with E-state index in [-0.39, 0.29) is 18.9 Å². The first kappa shape index (κ1) is 23.3. The zero-order valence-electron chi connectivity index (χ0n) is 18.4. The Morgan fingerprint density at radius 1 is 1.12 bits per heavy atom. The Morgan fingerprint density at radius 3 is 2.44 bits per heavy atom. The lowest BCUT2D eigenvalue weighted by Gasteiger charge is -2.19. The van der Waals surface area contributed by atoms with E-state index in [0.717, 1.165) is 22.8 Å². The third-order valence-corrected chi connectivity index (χ3v) is 4.89. The van der Waals surface area contributed by atoms with Gasteiger partial charge in [-0.05, 0) is 56.2 Å². The van der Waals surface area contributed by atoms with Crippen molar-refractivity contribution in [2.45, 2.75) is 32.8 Å². The highest BCUT2D eigenvalue weighted by atomic mass is 32.2. The number of pyridine rings is 1. The van der Waals surface area contributed by atoms with E-state index in [4.69, 9.17) is 4.74 Å². The van der Waals surface area contributed by atoms with Crippen molar-refractivity contribution in [2.24, 2.45) is 0 Å². The van der Waals surface area contributed by atoms with Crippen LogP contribution in [-0.2, 0) is 30.8 Å². The van der Waals surface area contributed by atoms with Crippen LogP contribution in [0.5, 0.6) is 0 Å². The molecule has 0 saturated heterocycles. The number of fused-ring (bicyclic) bond motifs is 1. The van der Waals surface area contributed by atoms with Crippen LogP contribution in [0, 0.1) is 0 Å². The highest BCUT2D eigenvalue weighted by Crippen LogP contribution is 2.29. The molecular weight excluding hydrogens is 432 g/mol. The normalized spacial score (nSPS) is 11.9. The summed E-state index contributed by atoms with van der Waals surface area (Å²) in [5.74, 6) is -0.819. The summed E-state index contributed by atoms with van der Waals surface area (Å²) in [6.07, 6.45) is 2.80. The number of benzene rings is 1. The van der Waals surface area contributed by atoms with E-state index in [1.54, 1.807) is 39.1 Å². The predicted octanol–water partition coefficient (Wildman–Crippen LogP) is 2.60. The van der Waals surface area contributed by atoms with Crippen molar-refractivity contribution in [3.05, 3.63) is 48.3 Å². The van der Waals surface area contributed by atoms with Gasteiger partial charge in [-0.15, -0.1) is 0 Å². The molecule has 0 aliphatic carbocycles. The van der Waals surface area contributed by atoms with Crippen LogP contribution in [0.4, 0.5) is 5.69 Å². The molecular formula is C22H26N4O5S. The van der Waals surface area contributed by atoms with E-state index in [1.165, 1.54) is 0 Å². The van der Waals surface area contributed by atoms with E-state index in [1.807, 2.05) is 24.3 Å². The monoisotopic (exact) mass is 458 g/mol. The summed E-state index contributed by atoms with van der Waals surface area (Å²) in [5, 5.41) is 3.38. The van der Waals surface area contributed by atoms with Crippen LogP contribution in [0.25, 0.3) is 22.2 Å². The SMILES string of the molecule is CC(C)(C)OC(=O)CNC(=O)Cc1cc2c(-c3ccc(NS(C)(=O)=O)cc3)ccnc2[nH]1. The molecule has 0 fully saturated rings. The second kappa shape index (κ2) is 8.99. The number of hydrogen-bond acceptors (Lipinski definition) is 6. The number of carbonyl (C=O) groups excluding carboxylic acids is 2. The van der Waals surface area contributed by atoms with Crippen LogP contribution >= 0.6 is 0 Å². The molecule has 3 aromatic rings. The van der Waals surface area contributed by atoms with Gasteiger partial charge in [-0.3, -0.25) is 14.3 Å². The second-order valence-corrected chi connectivity index (χ2v) is 10.2. The number of carbonyl (C=O) groups is 2. The molecule has 0 radical (unpaired) electrons. The highest BCUT2D eigenvalue weighted by molar-refractivity contribution is 7.92. The van der Waals surface area contributed by atoms with Crippen LogP contribution in [0.2, 0.25) is 0 Å². The van der Waals surface area contributed by atoms with Gasteiger partial charge in [0, 0.05) is 23.0 Å². The quantitative estimate of drug-likeness (QED) is 0.467. The maximum absolute atomic E-state index is 12.3. The molecule has 2 aromatic heterocycles. The van der Waals surface area contributed by atoms with Gasteiger partial charge in [-0.2, -0.15) is 0 Å². The third kappa shape index (κ3) is 6.55. The number of hydrogen-bond donors (Lipinski definition) is 3. The zero-order valence-corrected chi connectivity index (χ0v) is 19.2. The van der Waals surface area contributed by atoms with Crippen LogP contribution in [-0.4, -0.2) is 48.7 Å². The van der Waals surface area contributed by atoms with E-state index in [9.17, 15) is 18.0 Å². The number of aromatic amines is 1. The Hall–Kier alpha value is -3.40. The van der Waals surface area contributed by atoms with Crippen molar-refractivity contribution < 1.29 is 22.7 Å². The van der Waals surface area contributed by atoms with Crippen molar-refractivity contribution in [3.8, 4) is 11.1 Å². The van der Waals surface area contributed by atoms with Gasteiger partial charge in [-0.25, -0.2) is 13.4 Å². The molecule has 9 nitrogen and oxygen atoms in total. The number of ether oxygens (including phenoxy) is 1. The molecule has 10 heteroatoms. The predicted molar refractivity (Wildman–Crippen MR) is 123 cm³/mol. The summed E-state index contributed by atoms with van der Waals surface area (Å²) in [6.45, 7) is 5.08. The molecule has 0 bridgehead atoms. The van der Waals surface area contributed by atoms with Gasteiger partial charge in [0.1, 0.15) is 17.8 Å². The summed E-state index contributed by atoms with van der Waals surface area (Å²) in [7, 11) is -3.35. The molecule has 0 spiro atoms. The minimum atomic E-state index is -3.35. The number of rotatable bonds is 7. The van der Waals surface area contributed by atoms with Crippen molar-refractivity contribution >= 4 is 38.6 Å². The van der Waals surface area contributed by atoms with Crippen molar-refractivity contribution in [3.63, 3.8) is 0 Å². The molecule has 32 heavy (non-hydrogen) atoms. The standard InChI is InChI=1S/C22H26N4O5S/c1-22(2,3)31-20(28)13-24-19(27)12-16-11-18-17(9-10-23-21(18)25-16)14-5-7-15(8-6-14)26-32(4,29)30/h5-11,26H,12-13H2,1-4H3,(H,23,25)(H,24,27). The number of sulfonamides is 1. The van der Waals surface area contributed by atoms with Crippen molar-refractivity contribution in [2.75, 3.05) is 17.5 Å². The third-order valence-electron chi connectivity index (χ3n) is 4.29. The molecule has 1 amide bonds. The molecule has 3 rings (SSSR count). The molecule has 0 unspecified atom stereocenters. The lowest BCUT2D eigenvalue weighted by Crippen LogP contribution is -2.35. The average Bonchev–Trinajstić information content (AvgIpc) is 3.07. The van der Waals surface area contributed by atoms with Gasteiger partial charge in [0.05, 0.1) is 12.7 Å². The van der Waals surface area contributed by atoms with Crippen molar-refractivity contribution in [1.82, 2.24) is 15.3 Å². The Kier molecular flexibility index (Phi) is 6.54. The maximum atomic E-state index is 12.3. The second-order valence-electron chi connectivity index (χ2n) is 8.41. The number of nitrogens with one attached hydrogen (secondary N) is 3. The fraction of sp³-hybridized carbons (Fsp3) is 0.318. The van der Waals surface area contributed by atoms with Gasteiger partial charge in [-0.1, -0.05) is 12.1 Å². The first-order chi connectivity index (χ1) is 14.9.